The maximum Gasteiger partial charge on any atom is 0.219 e. The van der Waals surface area contributed by atoms with Gasteiger partial charge in [-0.3, -0.25) is 0 Å². The summed E-state index contributed by atoms with van der Waals surface area (Å²) in [6.07, 6.45) is 0. The molecule has 0 bridgehead atoms. The highest BCUT2D eigenvalue weighted by Gasteiger charge is 2.03. The van der Waals surface area contributed by atoms with Crippen LogP contribution in [0.1, 0.15) is 18.2 Å². The normalized spacial score (nSPS) is 10.3. The molecule has 1 aromatic heterocycles. The Kier molecular flexibility index (Phi) is 4.31. The zero-order valence-corrected chi connectivity index (χ0v) is 10.8. The molecule has 0 saturated carbocycles. The van der Waals surface area contributed by atoms with E-state index in [0.717, 1.165) is 24.5 Å². The van der Waals surface area contributed by atoms with Gasteiger partial charge in [-0.25, -0.2) is 4.98 Å². The van der Waals surface area contributed by atoms with Gasteiger partial charge in [0.1, 0.15) is 5.75 Å². The molecule has 0 aliphatic rings. The molecule has 1 aromatic carbocycles. The number of rotatable bonds is 5. The quantitative estimate of drug-likeness (QED) is 0.873. The van der Waals surface area contributed by atoms with Crippen LogP contribution >= 0.6 is 0 Å². The molecule has 0 saturated heterocycles. The highest BCUT2D eigenvalue weighted by molar-refractivity contribution is 5.30. The molecular weight excluding hydrogens is 224 g/mol. The maximum atomic E-state index is 5.69. The smallest absolute Gasteiger partial charge is 0.219 e. The molecule has 0 amide bonds. The summed E-state index contributed by atoms with van der Waals surface area (Å²) in [5.41, 5.74) is 2.21. The van der Waals surface area contributed by atoms with Gasteiger partial charge in [-0.2, -0.15) is 0 Å². The summed E-state index contributed by atoms with van der Waals surface area (Å²) < 4.78 is 5.69. The topological polar surface area (TPSA) is 34.1 Å². The minimum Gasteiger partial charge on any atom is -0.439 e. The molecule has 18 heavy (non-hydrogen) atoms. The second-order valence-electron chi connectivity index (χ2n) is 4.09. The van der Waals surface area contributed by atoms with Crippen molar-refractivity contribution in [3.05, 3.63) is 53.7 Å². The summed E-state index contributed by atoms with van der Waals surface area (Å²) in [6, 6.07) is 13.7. The molecule has 0 spiro atoms. The van der Waals surface area contributed by atoms with E-state index in [1.165, 1.54) is 5.56 Å². The van der Waals surface area contributed by atoms with Crippen LogP contribution < -0.4 is 10.1 Å². The summed E-state index contributed by atoms with van der Waals surface area (Å²) in [4.78, 5) is 4.46. The predicted molar refractivity (Wildman–Crippen MR) is 72.9 cm³/mol. The Labute approximate surface area is 108 Å². The summed E-state index contributed by atoms with van der Waals surface area (Å²) >= 11 is 0. The number of ether oxygens (including phenoxy) is 1. The number of aromatic nitrogens is 1. The van der Waals surface area contributed by atoms with Crippen LogP contribution in [0.5, 0.6) is 11.6 Å². The number of para-hydroxylation sites is 1. The van der Waals surface area contributed by atoms with Crippen LogP contribution in [0.25, 0.3) is 0 Å². The van der Waals surface area contributed by atoms with Gasteiger partial charge in [-0.15, -0.1) is 0 Å². The average molecular weight is 242 g/mol. The molecule has 3 heteroatoms. The lowest BCUT2D eigenvalue weighted by Gasteiger charge is -2.09. The van der Waals surface area contributed by atoms with E-state index in [1.54, 1.807) is 0 Å². The minimum absolute atomic E-state index is 0.638. The summed E-state index contributed by atoms with van der Waals surface area (Å²) in [6.45, 7) is 5.91. The van der Waals surface area contributed by atoms with Crippen LogP contribution in [-0.4, -0.2) is 11.5 Å². The number of aryl methyl sites for hydroxylation is 1. The second-order valence-corrected chi connectivity index (χ2v) is 4.09. The monoisotopic (exact) mass is 242 g/mol. The number of pyridine rings is 1. The second kappa shape index (κ2) is 6.17. The molecule has 0 aliphatic carbocycles. The Morgan fingerprint density at radius 2 is 1.89 bits per heavy atom. The Bertz CT molecular complexity index is 497. The lowest BCUT2D eigenvalue weighted by Crippen LogP contribution is -2.13. The molecule has 3 nitrogen and oxygen atoms in total. The predicted octanol–water partition coefficient (Wildman–Crippen LogP) is 3.29. The van der Waals surface area contributed by atoms with E-state index in [9.17, 15) is 0 Å². The number of benzene rings is 1. The molecule has 0 atom stereocenters. The maximum absolute atomic E-state index is 5.69. The van der Waals surface area contributed by atoms with Crippen molar-refractivity contribution in [2.75, 3.05) is 6.54 Å². The van der Waals surface area contributed by atoms with E-state index < -0.39 is 0 Å². The van der Waals surface area contributed by atoms with Gasteiger partial charge in [0.25, 0.3) is 0 Å². The van der Waals surface area contributed by atoms with Crippen LogP contribution in [0.15, 0.2) is 42.5 Å². The van der Waals surface area contributed by atoms with Crippen LogP contribution in [0, 0.1) is 6.92 Å². The van der Waals surface area contributed by atoms with Gasteiger partial charge in [0, 0.05) is 18.3 Å². The first-order chi connectivity index (χ1) is 8.79. The molecule has 0 unspecified atom stereocenters. The van der Waals surface area contributed by atoms with Crippen molar-refractivity contribution in [1.82, 2.24) is 10.3 Å². The van der Waals surface area contributed by atoms with Gasteiger partial charge in [0.15, 0.2) is 0 Å². The molecule has 1 heterocycles. The van der Waals surface area contributed by atoms with Gasteiger partial charge in [0.05, 0.1) is 0 Å². The van der Waals surface area contributed by atoms with E-state index in [1.807, 2.05) is 43.3 Å². The van der Waals surface area contributed by atoms with Crippen molar-refractivity contribution in [1.29, 1.82) is 0 Å². The zero-order valence-electron chi connectivity index (χ0n) is 10.8. The van der Waals surface area contributed by atoms with Gasteiger partial charge in [-0.05, 0) is 31.2 Å². The van der Waals surface area contributed by atoms with Crippen molar-refractivity contribution in [2.24, 2.45) is 0 Å². The molecule has 2 rings (SSSR count). The van der Waals surface area contributed by atoms with E-state index in [4.69, 9.17) is 4.74 Å². The SMILES string of the molecule is CCNCc1ccc(Oc2ccccc2)nc1C. The van der Waals surface area contributed by atoms with Crippen LogP contribution in [-0.2, 0) is 6.54 Å². The van der Waals surface area contributed by atoms with Gasteiger partial charge >= 0.3 is 0 Å². The Morgan fingerprint density at radius 3 is 2.56 bits per heavy atom. The number of hydrogen-bond donors (Lipinski definition) is 1. The summed E-state index contributed by atoms with van der Waals surface area (Å²) in [5, 5.41) is 3.29. The fraction of sp³-hybridized carbons (Fsp3) is 0.267. The first kappa shape index (κ1) is 12.6. The Morgan fingerprint density at radius 1 is 1.11 bits per heavy atom. The van der Waals surface area contributed by atoms with E-state index in [-0.39, 0.29) is 0 Å². The van der Waals surface area contributed by atoms with Crippen molar-refractivity contribution in [2.45, 2.75) is 20.4 Å². The molecule has 0 radical (unpaired) electrons. The van der Waals surface area contributed by atoms with Crippen LogP contribution in [0.3, 0.4) is 0 Å². The fourth-order valence-corrected chi connectivity index (χ4v) is 1.68. The largest absolute Gasteiger partial charge is 0.439 e. The molecule has 1 N–H and O–H groups in total. The average Bonchev–Trinajstić information content (AvgIpc) is 2.39. The molecule has 94 valence electrons. The minimum atomic E-state index is 0.638. The molecule has 2 aromatic rings. The van der Waals surface area contributed by atoms with Gasteiger partial charge in [-0.1, -0.05) is 31.2 Å². The van der Waals surface area contributed by atoms with Crippen molar-refractivity contribution in [3.63, 3.8) is 0 Å². The molecular formula is C15H18N2O. The van der Waals surface area contributed by atoms with Gasteiger partial charge < -0.3 is 10.1 Å². The third-order valence-corrected chi connectivity index (χ3v) is 2.70. The van der Waals surface area contributed by atoms with E-state index in [2.05, 4.69) is 23.3 Å². The lowest BCUT2D eigenvalue weighted by molar-refractivity contribution is 0.461. The van der Waals surface area contributed by atoms with Crippen molar-refractivity contribution >= 4 is 0 Å². The third kappa shape index (κ3) is 3.31. The number of nitrogens with one attached hydrogen (secondary N) is 1. The lowest BCUT2D eigenvalue weighted by atomic mass is 10.2. The number of nitrogens with zero attached hydrogens (tertiary/aromatic N) is 1. The Hall–Kier alpha value is -1.87. The first-order valence-corrected chi connectivity index (χ1v) is 6.19. The Balaban J connectivity index is 2.09. The zero-order chi connectivity index (χ0) is 12.8. The standard InChI is InChI=1S/C15H18N2O/c1-3-16-11-13-9-10-15(17-12(13)2)18-14-7-5-4-6-8-14/h4-10,16H,3,11H2,1-2H3. The molecule has 0 fully saturated rings. The van der Waals surface area contributed by atoms with Crippen molar-refractivity contribution in [3.8, 4) is 11.6 Å². The number of hydrogen-bond acceptors (Lipinski definition) is 3. The fourth-order valence-electron chi connectivity index (χ4n) is 1.68. The van der Waals surface area contributed by atoms with E-state index in [0.29, 0.717) is 5.88 Å². The molecule has 0 aliphatic heterocycles. The highest BCUT2D eigenvalue weighted by Crippen LogP contribution is 2.20. The van der Waals surface area contributed by atoms with Gasteiger partial charge in [0.2, 0.25) is 5.88 Å². The highest BCUT2D eigenvalue weighted by atomic mass is 16.5. The van der Waals surface area contributed by atoms with Crippen LogP contribution in [0.4, 0.5) is 0 Å². The summed E-state index contributed by atoms with van der Waals surface area (Å²) in [5.74, 6) is 1.45. The summed E-state index contributed by atoms with van der Waals surface area (Å²) in [7, 11) is 0. The van der Waals surface area contributed by atoms with Crippen molar-refractivity contribution < 1.29 is 4.74 Å². The third-order valence-electron chi connectivity index (χ3n) is 2.70. The first-order valence-electron chi connectivity index (χ1n) is 6.19. The van der Waals surface area contributed by atoms with E-state index >= 15 is 0 Å². The van der Waals surface area contributed by atoms with Crippen LogP contribution in [0.2, 0.25) is 0 Å².